The van der Waals surface area contributed by atoms with E-state index in [0.717, 1.165) is 5.56 Å². The molecule has 1 heterocycles. The van der Waals surface area contributed by atoms with Gasteiger partial charge in [0.25, 0.3) is 0 Å². The van der Waals surface area contributed by atoms with E-state index in [2.05, 4.69) is 10.8 Å². The van der Waals surface area contributed by atoms with Crippen LogP contribution in [0.3, 0.4) is 0 Å². The van der Waals surface area contributed by atoms with Crippen molar-refractivity contribution in [3.05, 3.63) is 41.5 Å². The first kappa shape index (κ1) is 17.4. The van der Waals surface area contributed by atoms with E-state index < -0.39 is 18.1 Å². The molecule has 0 aliphatic carbocycles. The number of amidine groups is 1. The molecule has 1 aliphatic rings. The van der Waals surface area contributed by atoms with Gasteiger partial charge in [0.15, 0.2) is 0 Å². The minimum atomic E-state index is -1.18. The molecule has 9 heteroatoms. The number of hydroxylamine groups is 1. The molecule has 1 aliphatic heterocycles. The maximum atomic E-state index is 11.8. The quantitative estimate of drug-likeness (QED) is 0.279. The second kappa shape index (κ2) is 7.57. The Morgan fingerprint density at radius 3 is 2.62 bits per heavy atom. The van der Waals surface area contributed by atoms with Crippen LogP contribution in [0, 0.1) is 5.41 Å². The monoisotopic (exact) mass is 333 g/mol. The van der Waals surface area contributed by atoms with Crippen LogP contribution >= 0.6 is 0 Å². The van der Waals surface area contributed by atoms with Crippen molar-refractivity contribution in [1.29, 1.82) is 5.41 Å². The molecule has 1 aromatic rings. The average Bonchev–Trinajstić information content (AvgIpc) is 3.01. The predicted octanol–water partition coefficient (Wildman–Crippen LogP) is -0.867. The Morgan fingerprint density at radius 1 is 1.38 bits per heavy atom. The summed E-state index contributed by atoms with van der Waals surface area (Å²) < 4.78 is 0. The van der Waals surface area contributed by atoms with Crippen LogP contribution in [0.2, 0.25) is 0 Å². The first-order valence-electron chi connectivity index (χ1n) is 7.20. The van der Waals surface area contributed by atoms with Gasteiger partial charge in [-0.2, -0.15) is 0 Å². The molecule has 1 aromatic carbocycles. The number of aliphatic carboxylic acids is 1. The summed E-state index contributed by atoms with van der Waals surface area (Å²) in [4.78, 5) is 27.6. The third kappa shape index (κ3) is 4.54. The summed E-state index contributed by atoms with van der Waals surface area (Å²) >= 11 is 0. The number of nitrogens with two attached hydrogens (primary N) is 2. The van der Waals surface area contributed by atoms with Crippen molar-refractivity contribution >= 4 is 23.4 Å². The number of rotatable bonds is 7. The maximum Gasteiger partial charge on any atom is 0.322 e. The van der Waals surface area contributed by atoms with Crippen LogP contribution < -0.4 is 22.3 Å². The highest BCUT2D eigenvalue weighted by atomic mass is 16.7. The zero-order valence-corrected chi connectivity index (χ0v) is 12.8. The largest absolute Gasteiger partial charge is 0.480 e. The predicted molar refractivity (Wildman–Crippen MR) is 86.7 cm³/mol. The second-order valence-corrected chi connectivity index (χ2v) is 5.28. The molecule has 0 radical (unpaired) electrons. The lowest BCUT2D eigenvalue weighted by atomic mass is 10.1. The fourth-order valence-electron chi connectivity index (χ4n) is 2.04. The smallest absolute Gasteiger partial charge is 0.322 e. The standard InChI is InChI=1S/C15H19N5O4/c16-11(15(22)23)7-19-13(21)6-10-5-12(20-24-10)8-1-3-9(4-2-8)14(17)18/h1-5,10-11,20H,6-7,16H2,(H3,17,18)(H,19,21)(H,22,23)/t10?,11-/m0/s1. The molecule has 1 unspecified atom stereocenters. The Labute approximate surface area is 138 Å². The van der Waals surface area contributed by atoms with E-state index in [4.69, 9.17) is 26.8 Å². The number of benzene rings is 1. The molecule has 8 N–H and O–H groups in total. The molecular weight excluding hydrogens is 314 g/mol. The first-order chi connectivity index (χ1) is 11.4. The number of carboxylic acids is 1. The van der Waals surface area contributed by atoms with Gasteiger partial charge in [0, 0.05) is 12.1 Å². The normalized spacial score (nSPS) is 17.5. The van der Waals surface area contributed by atoms with Crippen LogP contribution in [0.15, 0.2) is 30.3 Å². The SMILES string of the molecule is N=C(N)c1ccc(C2=CC(CC(=O)NC[C@H](N)C(=O)O)ON2)cc1. The molecule has 0 bridgehead atoms. The fraction of sp³-hybridized carbons (Fsp3) is 0.267. The number of nitrogens with one attached hydrogen (secondary N) is 3. The van der Waals surface area contributed by atoms with E-state index in [0.29, 0.717) is 11.3 Å². The Morgan fingerprint density at radius 2 is 2.04 bits per heavy atom. The van der Waals surface area contributed by atoms with Crippen molar-refractivity contribution in [1.82, 2.24) is 10.8 Å². The Hall–Kier alpha value is -2.91. The summed E-state index contributed by atoms with van der Waals surface area (Å²) in [5.41, 5.74) is 15.6. The number of amides is 1. The van der Waals surface area contributed by atoms with Crippen LogP contribution in [0.4, 0.5) is 0 Å². The Kier molecular flexibility index (Phi) is 5.51. The Balaban J connectivity index is 1.89. The van der Waals surface area contributed by atoms with Crippen LogP contribution in [0.25, 0.3) is 5.70 Å². The minimum Gasteiger partial charge on any atom is -0.480 e. The van der Waals surface area contributed by atoms with Crippen molar-refractivity contribution in [2.75, 3.05) is 6.54 Å². The van der Waals surface area contributed by atoms with Gasteiger partial charge in [-0.1, -0.05) is 24.3 Å². The van der Waals surface area contributed by atoms with E-state index in [1.807, 2.05) is 0 Å². The summed E-state index contributed by atoms with van der Waals surface area (Å²) in [6, 6.07) is 5.86. The zero-order valence-electron chi connectivity index (χ0n) is 12.8. The van der Waals surface area contributed by atoms with Crippen molar-refractivity contribution in [2.45, 2.75) is 18.6 Å². The maximum absolute atomic E-state index is 11.8. The number of nitrogen functional groups attached to an aromatic ring is 1. The number of carbonyl (C=O) groups is 2. The highest BCUT2D eigenvalue weighted by molar-refractivity contribution is 5.95. The van der Waals surface area contributed by atoms with E-state index in [1.54, 1.807) is 30.3 Å². The van der Waals surface area contributed by atoms with Gasteiger partial charge in [0.2, 0.25) is 5.91 Å². The van der Waals surface area contributed by atoms with Crippen LogP contribution in [0.1, 0.15) is 17.5 Å². The Bertz CT molecular complexity index is 671. The van der Waals surface area contributed by atoms with Gasteiger partial charge in [0.1, 0.15) is 18.0 Å². The topological polar surface area (TPSA) is 164 Å². The van der Waals surface area contributed by atoms with Crippen molar-refractivity contribution in [3.8, 4) is 0 Å². The highest BCUT2D eigenvalue weighted by Gasteiger charge is 2.21. The molecule has 2 atom stereocenters. The average molecular weight is 333 g/mol. The summed E-state index contributed by atoms with van der Waals surface area (Å²) in [6.45, 7) is -0.141. The van der Waals surface area contributed by atoms with Crippen molar-refractivity contribution in [3.63, 3.8) is 0 Å². The molecule has 1 amide bonds. The van der Waals surface area contributed by atoms with E-state index in [1.165, 1.54) is 0 Å². The van der Waals surface area contributed by atoms with E-state index >= 15 is 0 Å². The number of hydrogen-bond acceptors (Lipinski definition) is 6. The van der Waals surface area contributed by atoms with Gasteiger partial charge in [-0.05, 0) is 11.6 Å². The van der Waals surface area contributed by atoms with Gasteiger partial charge < -0.3 is 21.9 Å². The summed E-state index contributed by atoms with van der Waals surface area (Å²) in [7, 11) is 0. The lowest BCUT2D eigenvalue weighted by molar-refractivity contribution is -0.138. The van der Waals surface area contributed by atoms with Crippen LogP contribution in [-0.4, -0.2) is 41.5 Å². The van der Waals surface area contributed by atoms with E-state index in [9.17, 15) is 9.59 Å². The van der Waals surface area contributed by atoms with Gasteiger partial charge >= 0.3 is 5.97 Å². The number of carboxylic acid groups (broad SMARTS) is 1. The van der Waals surface area contributed by atoms with Gasteiger partial charge in [-0.3, -0.25) is 25.3 Å². The lowest BCUT2D eigenvalue weighted by Crippen LogP contribution is -2.43. The third-order valence-electron chi connectivity index (χ3n) is 3.40. The minimum absolute atomic E-state index is 0.0136. The molecule has 2 rings (SSSR count). The molecule has 9 nitrogen and oxygen atoms in total. The summed E-state index contributed by atoms with van der Waals surface area (Å²) in [5, 5.41) is 18.5. The van der Waals surface area contributed by atoms with Gasteiger partial charge in [-0.25, -0.2) is 0 Å². The van der Waals surface area contributed by atoms with Crippen LogP contribution in [-0.2, 0) is 14.4 Å². The highest BCUT2D eigenvalue weighted by Crippen LogP contribution is 2.20. The molecule has 0 spiro atoms. The fourth-order valence-corrected chi connectivity index (χ4v) is 2.04. The molecule has 0 saturated heterocycles. The van der Waals surface area contributed by atoms with Crippen molar-refractivity contribution in [2.24, 2.45) is 11.5 Å². The summed E-state index contributed by atoms with van der Waals surface area (Å²) in [6.07, 6.45) is 1.31. The summed E-state index contributed by atoms with van der Waals surface area (Å²) in [5.74, 6) is -1.55. The van der Waals surface area contributed by atoms with Gasteiger partial charge in [-0.15, -0.1) is 0 Å². The molecule has 24 heavy (non-hydrogen) atoms. The number of hydrogen-bond donors (Lipinski definition) is 6. The molecule has 128 valence electrons. The molecular formula is C15H19N5O4. The third-order valence-corrected chi connectivity index (χ3v) is 3.40. The van der Waals surface area contributed by atoms with Crippen LogP contribution in [0.5, 0.6) is 0 Å². The van der Waals surface area contributed by atoms with Gasteiger partial charge in [0.05, 0.1) is 12.1 Å². The second-order valence-electron chi connectivity index (χ2n) is 5.28. The first-order valence-corrected chi connectivity index (χ1v) is 7.20. The molecule has 0 fully saturated rings. The molecule has 0 aromatic heterocycles. The molecule has 0 saturated carbocycles. The van der Waals surface area contributed by atoms with Crippen molar-refractivity contribution < 1.29 is 19.5 Å². The zero-order chi connectivity index (χ0) is 17.7. The van der Waals surface area contributed by atoms with E-state index in [-0.39, 0.29) is 24.7 Å². The number of carbonyl (C=O) groups excluding carboxylic acids is 1. The lowest BCUT2D eigenvalue weighted by Gasteiger charge is -2.10.